The van der Waals surface area contributed by atoms with Crippen LogP contribution in [0.5, 0.6) is 0 Å². The first-order valence-corrected chi connectivity index (χ1v) is 5.40. The van der Waals surface area contributed by atoms with Crippen LogP contribution in [0.15, 0.2) is 24.3 Å². The Morgan fingerprint density at radius 3 is 2.38 bits per heavy atom. The second-order valence-corrected chi connectivity index (χ2v) is 4.80. The second kappa shape index (κ2) is 3.53. The Balaban J connectivity index is 2.05. The van der Waals surface area contributed by atoms with Gasteiger partial charge < -0.3 is 5.32 Å². The molecule has 1 aromatic carbocycles. The Morgan fingerprint density at radius 1 is 1.31 bits per heavy atom. The molecule has 13 heavy (non-hydrogen) atoms. The van der Waals surface area contributed by atoms with Crippen LogP contribution in [0.3, 0.4) is 0 Å². The summed E-state index contributed by atoms with van der Waals surface area (Å²) in [5.74, 6) is 0. The van der Waals surface area contributed by atoms with E-state index in [0.29, 0.717) is 19.5 Å². The van der Waals surface area contributed by atoms with E-state index in [0.717, 1.165) is 5.56 Å². The molecule has 2 rings (SSSR count). The molecule has 0 bridgehead atoms. The Kier molecular flexibility index (Phi) is 2.55. The summed E-state index contributed by atoms with van der Waals surface area (Å²) in [6.07, 6.45) is 0.539. The van der Waals surface area contributed by atoms with Crippen LogP contribution < -0.4 is 5.32 Å². The minimum Gasteiger partial charge on any atom is -0.310 e. The lowest BCUT2D eigenvalue weighted by atomic mass is 9.91. The first kappa shape index (κ1) is 9.40. The zero-order chi connectivity index (χ0) is 9.31. The minimum absolute atomic E-state index is 0.499. The van der Waals surface area contributed by atoms with Gasteiger partial charge >= 0.3 is 0 Å². The number of hydrogen-bond donors (Lipinski definition) is 1. The van der Waals surface area contributed by atoms with Gasteiger partial charge in [-0.3, -0.25) is 0 Å². The molecule has 0 spiro atoms. The van der Waals surface area contributed by atoms with Crippen molar-refractivity contribution in [2.24, 2.45) is 0 Å². The maximum absolute atomic E-state index is 13.6. The van der Waals surface area contributed by atoms with Crippen molar-refractivity contribution in [2.45, 2.75) is 12.1 Å². The highest BCUT2D eigenvalue weighted by molar-refractivity contribution is 14.1. The summed E-state index contributed by atoms with van der Waals surface area (Å²) in [5, 5.41) is 2.96. The fraction of sp³-hybridized carbons (Fsp3) is 0.400. The first-order chi connectivity index (χ1) is 6.18. The minimum atomic E-state index is -0.993. The van der Waals surface area contributed by atoms with E-state index in [1.807, 2.05) is 24.3 Å². The number of benzene rings is 1. The molecule has 1 aliphatic rings. The van der Waals surface area contributed by atoms with Gasteiger partial charge in [0, 0.05) is 23.1 Å². The van der Waals surface area contributed by atoms with Gasteiger partial charge in [0.1, 0.15) is 5.67 Å². The molecule has 0 amide bonds. The largest absolute Gasteiger partial charge is 0.310 e. The van der Waals surface area contributed by atoms with E-state index in [2.05, 4.69) is 27.9 Å². The van der Waals surface area contributed by atoms with Gasteiger partial charge in [0.05, 0.1) is 0 Å². The number of alkyl halides is 1. The zero-order valence-electron chi connectivity index (χ0n) is 7.19. The summed E-state index contributed by atoms with van der Waals surface area (Å²) in [7, 11) is 0. The molecule has 0 radical (unpaired) electrons. The summed E-state index contributed by atoms with van der Waals surface area (Å²) < 4.78 is 14.8. The van der Waals surface area contributed by atoms with Crippen molar-refractivity contribution in [3.8, 4) is 0 Å². The molecule has 1 fully saturated rings. The summed E-state index contributed by atoms with van der Waals surface area (Å²) in [4.78, 5) is 0. The molecular formula is C10H11FIN. The Morgan fingerprint density at radius 2 is 1.92 bits per heavy atom. The van der Waals surface area contributed by atoms with E-state index in [9.17, 15) is 4.39 Å². The van der Waals surface area contributed by atoms with Crippen LogP contribution in [0, 0.1) is 3.57 Å². The maximum Gasteiger partial charge on any atom is 0.139 e. The Hall–Kier alpha value is -0.160. The highest BCUT2D eigenvalue weighted by Gasteiger charge is 2.36. The SMILES string of the molecule is FC1(Cc2ccc(I)cc2)CNC1. The molecule has 0 aliphatic carbocycles. The van der Waals surface area contributed by atoms with Crippen molar-refractivity contribution in [1.29, 1.82) is 0 Å². The standard InChI is InChI=1S/C10H11FIN/c11-10(6-13-7-10)5-8-1-3-9(12)4-2-8/h1-4,13H,5-7H2. The molecule has 3 heteroatoms. The molecule has 0 unspecified atom stereocenters. The molecule has 1 aliphatic heterocycles. The van der Waals surface area contributed by atoms with Gasteiger partial charge in [-0.15, -0.1) is 0 Å². The smallest absolute Gasteiger partial charge is 0.139 e. The third-order valence-electron chi connectivity index (χ3n) is 2.32. The molecule has 1 saturated heterocycles. The first-order valence-electron chi connectivity index (χ1n) is 4.32. The van der Waals surface area contributed by atoms with Crippen LogP contribution >= 0.6 is 22.6 Å². The van der Waals surface area contributed by atoms with Crippen LogP contribution in [0.25, 0.3) is 0 Å². The third kappa shape index (κ3) is 2.20. The number of halogens is 2. The predicted molar refractivity (Wildman–Crippen MR) is 59.6 cm³/mol. The van der Waals surface area contributed by atoms with E-state index in [4.69, 9.17) is 0 Å². The van der Waals surface area contributed by atoms with Crippen molar-refractivity contribution < 1.29 is 4.39 Å². The van der Waals surface area contributed by atoms with E-state index < -0.39 is 5.67 Å². The van der Waals surface area contributed by atoms with Gasteiger partial charge in [-0.2, -0.15) is 0 Å². The van der Waals surface area contributed by atoms with Crippen LogP contribution in [0.1, 0.15) is 5.56 Å². The fourth-order valence-electron chi connectivity index (χ4n) is 1.49. The molecule has 0 saturated carbocycles. The number of rotatable bonds is 2. The van der Waals surface area contributed by atoms with Crippen LogP contribution in [0.2, 0.25) is 0 Å². The molecule has 70 valence electrons. The number of nitrogens with one attached hydrogen (secondary N) is 1. The van der Waals surface area contributed by atoms with Crippen molar-refractivity contribution in [2.75, 3.05) is 13.1 Å². The van der Waals surface area contributed by atoms with Crippen molar-refractivity contribution in [3.05, 3.63) is 33.4 Å². The molecule has 0 aromatic heterocycles. The second-order valence-electron chi connectivity index (χ2n) is 3.56. The summed E-state index contributed by atoms with van der Waals surface area (Å²) in [5.41, 5.74) is 0.0942. The van der Waals surface area contributed by atoms with Gasteiger partial charge in [-0.05, 0) is 40.3 Å². The molecule has 1 aromatic rings. The van der Waals surface area contributed by atoms with E-state index >= 15 is 0 Å². The monoisotopic (exact) mass is 291 g/mol. The normalized spacial score (nSPS) is 19.5. The lowest BCUT2D eigenvalue weighted by molar-refractivity contribution is 0.0912. The lowest BCUT2D eigenvalue weighted by Crippen LogP contribution is -2.57. The highest BCUT2D eigenvalue weighted by Crippen LogP contribution is 2.22. The van der Waals surface area contributed by atoms with Crippen LogP contribution in [0.4, 0.5) is 4.39 Å². The maximum atomic E-state index is 13.6. The molecule has 1 nitrogen and oxygen atoms in total. The lowest BCUT2D eigenvalue weighted by Gasteiger charge is -2.35. The summed E-state index contributed by atoms with van der Waals surface area (Å²) in [6, 6.07) is 8.04. The van der Waals surface area contributed by atoms with Crippen molar-refractivity contribution >= 4 is 22.6 Å². The van der Waals surface area contributed by atoms with E-state index in [1.165, 1.54) is 3.57 Å². The van der Waals surface area contributed by atoms with E-state index in [1.54, 1.807) is 0 Å². The Bertz CT molecular complexity index is 292. The average Bonchev–Trinajstić information content (AvgIpc) is 2.06. The zero-order valence-corrected chi connectivity index (χ0v) is 9.34. The molecule has 1 heterocycles. The molecular weight excluding hydrogens is 280 g/mol. The van der Waals surface area contributed by atoms with Gasteiger partial charge in [0.15, 0.2) is 0 Å². The summed E-state index contributed by atoms with van der Waals surface area (Å²) >= 11 is 2.25. The third-order valence-corrected chi connectivity index (χ3v) is 3.04. The summed E-state index contributed by atoms with van der Waals surface area (Å²) in [6.45, 7) is 0.998. The van der Waals surface area contributed by atoms with Crippen LogP contribution in [-0.2, 0) is 6.42 Å². The topological polar surface area (TPSA) is 12.0 Å². The quantitative estimate of drug-likeness (QED) is 0.823. The number of hydrogen-bond acceptors (Lipinski definition) is 1. The Labute approximate surface area is 90.9 Å². The van der Waals surface area contributed by atoms with Crippen molar-refractivity contribution in [1.82, 2.24) is 5.32 Å². The molecule has 1 N–H and O–H groups in total. The average molecular weight is 291 g/mol. The van der Waals surface area contributed by atoms with E-state index in [-0.39, 0.29) is 0 Å². The van der Waals surface area contributed by atoms with Gasteiger partial charge in [-0.25, -0.2) is 4.39 Å². The molecule has 0 atom stereocenters. The van der Waals surface area contributed by atoms with Crippen LogP contribution in [-0.4, -0.2) is 18.8 Å². The van der Waals surface area contributed by atoms with Crippen molar-refractivity contribution in [3.63, 3.8) is 0 Å². The fourth-order valence-corrected chi connectivity index (χ4v) is 1.85. The van der Waals surface area contributed by atoms with Gasteiger partial charge in [0.2, 0.25) is 0 Å². The van der Waals surface area contributed by atoms with Gasteiger partial charge in [-0.1, -0.05) is 12.1 Å². The predicted octanol–water partition coefficient (Wildman–Crippen LogP) is 2.15. The highest BCUT2D eigenvalue weighted by atomic mass is 127. The van der Waals surface area contributed by atoms with Gasteiger partial charge in [0.25, 0.3) is 0 Å².